The summed E-state index contributed by atoms with van der Waals surface area (Å²) in [4.78, 5) is 4.08. The second-order valence-corrected chi connectivity index (χ2v) is 3.14. The Morgan fingerprint density at radius 2 is 2.23 bits per heavy atom. The van der Waals surface area contributed by atoms with E-state index in [1.807, 2.05) is 12.3 Å². The fourth-order valence-corrected chi connectivity index (χ4v) is 1.37. The number of nitrogens with zero attached hydrogens (tertiary/aromatic N) is 2. The third-order valence-electron chi connectivity index (χ3n) is 2.13. The van der Waals surface area contributed by atoms with Gasteiger partial charge in [0.25, 0.3) is 0 Å². The Labute approximate surface area is 77.9 Å². The van der Waals surface area contributed by atoms with Crippen molar-refractivity contribution < 1.29 is 0 Å². The van der Waals surface area contributed by atoms with Crippen LogP contribution in [0.1, 0.15) is 11.3 Å². The Hall–Kier alpha value is -1.57. The van der Waals surface area contributed by atoms with Crippen molar-refractivity contribution >= 4 is 0 Å². The third-order valence-corrected chi connectivity index (χ3v) is 2.13. The molecule has 0 fully saturated rings. The molecule has 2 heteroatoms. The van der Waals surface area contributed by atoms with E-state index in [1.54, 1.807) is 6.20 Å². The highest BCUT2D eigenvalue weighted by Crippen LogP contribution is 2.04. The molecule has 0 radical (unpaired) electrons. The average molecular weight is 172 g/mol. The first kappa shape index (κ1) is 8.05. The van der Waals surface area contributed by atoms with Crippen LogP contribution in [0.2, 0.25) is 0 Å². The maximum atomic E-state index is 4.08. The Morgan fingerprint density at radius 3 is 2.85 bits per heavy atom. The molecular weight excluding hydrogens is 160 g/mol. The Kier molecular flexibility index (Phi) is 2.13. The quantitative estimate of drug-likeness (QED) is 0.679. The molecule has 2 nitrogen and oxygen atoms in total. The predicted molar refractivity (Wildman–Crippen MR) is 52.5 cm³/mol. The van der Waals surface area contributed by atoms with Gasteiger partial charge in [0.15, 0.2) is 0 Å². The number of pyridine rings is 1. The van der Waals surface area contributed by atoms with Gasteiger partial charge in [-0.15, -0.1) is 0 Å². The van der Waals surface area contributed by atoms with Crippen molar-refractivity contribution in [2.24, 2.45) is 0 Å². The first-order valence-corrected chi connectivity index (χ1v) is 4.37. The van der Waals surface area contributed by atoms with E-state index in [2.05, 4.69) is 40.9 Å². The van der Waals surface area contributed by atoms with Gasteiger partial charge in [0, 0.05) is 30.8 Å². The molecule has 2 heterocycles. The van der Waals surface area contributed by atoms with E-state index in [0.29, 0.717) is 0 Å². The molecule has 0 N–H and O–H groups in total. The van der Waals surface area contributed by atoms with E-state index in [0.717, 1.165) is 6.54 Å². The molecule has 0 unspecified atom stereocenters. The number of rotatable bonds is 2. The summed E-state index contributed by atoms with van der Waals surface area (Å²) >= 11 is 0. The van der Waals surface area contributed by atoms with Gasteiger partial charge >= 0.3 is 0 Å². The lowest BCUT2D eigenvalue weighted by Crippen LogP contribution is -1.99. The summed E-state index contributed by atoms with van der Waals surface area (Å²) in [5.41, 5.74) is 2.52. The molecule has 0 amide bonds. The van der Waals surface area contributed by atoms with Crippen molar-refractivity contribution in [2.75, 3.05) is 0 Å². The highest BCUT2D eigenvalue weighted by atomic mass is 15.0. The maximum absolute atomic E-state index is 4.08. The summed E-state index contributed by atoms with van der Waals surface area (Å²) in [6.07, 6.45) is 5.79. The highest BCUT2D eigenvalue weighted by Gasteiger charge is 1.96. The van der Waals surface area contributed by atoms with Crippen molar-refractivity contribution in [3.8, 4) is 0 Å². The Balaban J connectivity index is 2.20. The van der Waals surface area contributed by atoms with E-state index < -0.39 is 0 Å². The molecule has 0 spiro atoms. The predicted octanol–water partition coefficient (Wildman–Crippen LogP) is 2.24. The highest BCUT2D eigenvalue weighted by molar-refractivity contribution is 5.12. The van der Waals surface area contributed by atoms with Gasteiger partial charge in [0.2, 0.25) is 0 Å². The molecule has 0 aliphatic carbocycles. The lowest BCUT2D eigenvalue weighted by Gasteiger charge is -2.04. The summed E-state index contributed by atoms with van der Waals surface area (Å²) in [6, 6.07) is 8.22. The summed E-state index contributed by atoms with van der Waals surface area (Å²) in [5.74, 6) is 0. The Bertz CT molecular complexity index is 376. The van der Waals surface area contributed by atoms with Crippen LogP contribution in [0.4, 0.5) is 0 Å². The van der Waals surface area contributed by atoms with Crippen LogP contribution in [0.3, 0.4) is 0 Å². The minimum atomic E-state index is 0.909. The zero-order valence-electron chi connectivity index (χ0n) is 7.64. The fourth-order valence-electron chi connectivity index (χ4n) is 1.37. The normalized spacial score (nSPS) is 10.2. The molecule has 66 valence electrons. The number of aromatic nitrogens is 2. The summed E-state index contributed by atoms with van der Waals surface area (Å²) in [7, 11) is 0. The van der Waals surface area contributed by atoms with Crippen LogP contribution in [0, 0.1) is 6.92 Å². The van der Waals surface area contributed by atoms with Crippen LogP contribution in [0.5, 0.6) is 0 Å². The average Bonchev–Trinajstić information content (AvgIpc) is 2.54. The van der Waals surface area contributed by atoms with Crippen LogP contribution < -0.4 is 0 Å². The monoisotopic (exact) mass is 172 g/mol. The molecule has 13 heavy (non-hydrogen) atoms. The third kappa shape index (κ3) is 1.78. The minimum absolute atomic E-state index is 0.909. The minimum Gasteiger partial charge on any atom is -0.347 e. The molecule has 0 bridgehead atoms. The molecule has 2 rings (SSSR count). The van der Waals surface area contributed by atoms with E-state index >= 15 is 0 Å². The fraction of sp³-hybridized carbons (Fsp3) is 0.182. The number of aryl methyl sites for hydroxylation is 1. The SMILES string of the molecule is Cc1cccn1Cc1cccnc1. The van der Waals surface area contributed by atoms with Crippen molar-refractivity contribution in [3.63, 3.8) is 0 Å². The molecule has 0 aliphatic rings. The molecule has 2 aromatic heterocycles. The molecule has 0 aromatic carbocycles. The summed E-state index contributed by atoms with van der Waals surface area (Å²) < 4.78 is 2.21. The largest absolute Gasteiger partial charge is 0.347 e. The lowest BCUT2D eigenvalue weighted by molar-refractivity contribution is 0.773. The summed E-state index contributed by atoms with van der Waals surface area (Å²) in [5, 5.41) is 0. The van der Waals surface area contributed by atoms with Gasteiger partial charge in [-0.1, -0.05) is 6.07 Å². The van der Waals surface area contributed by atoms with E-state index in [-0.39, 0.29) is 0 Å². The zero-order valence-corrected chi connectivity index (χ0v) is 7.64. The molecule has 0 saturated carbocycles. The van der Waals surface area contributed by atoms with Gasteiger partial charge in [0.05, 0.1) is 0 Å². The maximum Gasteiger partial charge on any atom is 0.0487 e. The number of hydrogen-bond acceptors (Lipinski definition) is 1. The van der Waals surface area contributed by atoms with E-state index in [4.69, 9.17) is 0 Å². The van der Waals surface area contributed by atoms with Gasteiger partial charge in [-0.3, -0.25) is 4.98 Å². The first-order valence-electron chi connectivity index (χ1n) is 4.37. The smallest absolute Gasteiger partial charge is 0.0487 e. The van der Waals surface area contributed by atoms with Gasteiger partial charge in [-0.2, -0.15) is 0 Å². The zero-order chi connectivity index (χ0) is 9.10. The van der Waals surface area contributed by atoms with Crippen molar-refractivity contribution in [1.82, 2.24) is 9.55 Å². The van der Waals surface area contributed by atoms with Gasteiger partial charge in [-0.05, 0) is 30.7 Å². The van der Waals surface area contributed by atoms with Crippen LogP contribution in [0.15, 0.2) is 42.9 Å². The molecular formula is C11H12N2. The van der Waals surface area contributed by atoms with Crippen LogP contribution >= 0.6 is 0 Å². The Morgan fingerprint density at radius 1 is 1.31 bits per heavy atom. The molecule has 0 atom stereocenters. The van der Waals surface area contributed by atoms with Crippen molar-refractivity contribution in [3.05, 3.63) is 54.1 Å². The molecule has 2 aromatic rings. The van der Waals surface area contributed by atoms with Crippen LogP contribution in [-0.4, -0.2) is 9.55 Å². The first-order chi connectivity index (χ1) is 6.36. The van der Waals surface area contributed by atoms with Crippen LogP contribution in [0.25, 0.3) is 0 Å². The lowest BCUT2D eigenvalue weighted by atomic mass is 10.3. The van der Waals surface area contributed by atoms with Gasteiger partial charge < -0.3 is 4.57 Å². The van der Waals surface area contributed by atoms with Gasteiger partial charge in [0.1, 0.15) is 0 Å². The second-order valence-electron chi connectivity index (χ2n) is 3.14. The van der Waals surface area contributed by atoms with Crippen molar-refractivity contribution in [1.29, 1.82) is 0 Å². The molecule has 0 aliphatic heterocycles. The van der Waals surface area contributed by atoms with Crippen molar-refractivity contribution in [2.45, 2.75) is 13.5 Å². The van der Waals surface area contributed by atoms with Crippen LogP contribution in [-0.2, 0) is 6.54 Å². The number of hydrogen-bond donors (Lipinski definition) is 0. The summed E-state index contributed by atoms with van der Waals surface area (Å²) in [6.45, 7) is 3.02. The van der Waals surface area contributed by atoms with Gasteiger partial charge in [-0.25, -0.2) is 0 Å². The standard InChI is InChI=1S/C11H12N2/c1-10-4-3-7-13(10)9-11-5-2-6-12-8-11/h2-8H,9H2,1H3. The van der Waals surface area contributed by atoms with E-state index in [1.165, 1.54) is 11.3 Å². The second kappa shape index (κ2) is 3.44. The molecule has 0 saturated heterocycles. The topological polar surface area (TPSA) is 17.8 Å². The van der Waals surface area contributed by atoms with E-state index in [9.17, 15) is 0 Å².